The van der Waals surface area contributed by atoms with Gasteiger partial charge in [-0.05, 0) is 53.5 Å². The lowest BCUT2D eigenvalue weighted by atomic mass is 10.1. The molecule has 0 fully saturated rings. The summed E-state index contributed by atoms with van der Waals surface area (Å²) in [7, 11) is -3.31. The van der Waals surface area contributed by atoms with Gasteiger partial charge in [0.05, 0.1) is 17.5 Å². The van der Waals surface area contributed by atoms with E-state index in [4.69, 9.17) is 0 Å². The lowest BCUT2D eigenvalue weighted by Crippen LogP contribution is -2.13. The van der Waals surface area contributed by atoms with Crippen molar-refractivity contribution in [3.8, 4) is 0 Å². The molecular formula is C14H14INO2S. The zero-order valence-electron chi connectivity index (χ0n) is 10.6. The molecule has 1 aromatic carbocycles. The van der Waals surface area contributed by atoms with E-state index in [1.807, 2.05) is 24.3 Å². The van der Waals surface area contributed by atoms with Crippen LogP contribution >= 0.6 is 22.6 Å². The fourth-order valence-electron chi connectivity index (χ4n) is 2.68. The molecule has 0 N–H and O–H groups in total. The summed E-state index contributed by atoms with van der Waals surface area (Å²) < 4.78 is 26.9. The number of hydrogen-bond donors (Lipinski definition) is 0. The first-order valence-electron chi connectivity index (χ1n) is 6.19. The third-order valence-electron chi connectivity index (χ3n) is 3.45. The van der Waals surface area contributed by atoms with Gasteiger partial charge in [-0.1, -0.05) is 24.3 Å². The molecule has 1 aliphatic rings. The molecular weight excluding hydrogens is 373 g/mol. The normalized spacial score (nSPS) is 16.0. The minimum Gasteiger partial charge on any atom is -0.237 e. The molecule has 3 rings (SSSR count). The Kier molecular flexibility index (Phi) is 3.21. The maximum absolute atomic E-state index is 12.2. The second kappa shape index (κ2) is 4.63. The van der Waals surface area contributed by atoms with Gasteiger partial charge in [0.15, 0.2) is 0 Å². The first kappa shape index (κ1) is 13.2. The molecule has 0 radical (unpaired) electrons. The van der Waals surface area contributed by atoms with Crippen LogP contribution in [0.3, 0.4) is 0 Å². The molecule has 0 atom stereocenters. The molecule has 0 saturated heterocycles. The minimum absolute atomic E-state index is 0.775. The lowest BCUT2D eigenvalue weighted by molar-refractivity contribution is 0.594. The number of hydrogen-bond acceptors (Lipinski definition) is 2. The van der Waals surface area contributed by atoms with Crippen molar-refractivity contribution in [3.05, 3.63) is 39.6 Å². The van der Waals surface area contributed by atoms with Crippen molar-refractivity contribution in [2.45, 2.75) is 19.3 Å². The summed E-state index contributed by atoms with van der Waals surface area (Å²) in [5, 5.41) is 1.01. The Labute approximate surface area is 126 Å². The number of allylic oxidation sites excluding steroid dienone is 2. The fourth-order valence-corrected chi connectivity index (χ4v) is 4.94. The van der Waals surface area contributed by atoms with Gasteiger partial charge < -0.3 is 0 Å². The summed E-state index contributed by atoms with van der Waals surface area (Å²) in [4.78, 5) is 0. The minimum atomic E-state index is -3.31. The average molecular weight is 387 g/mol. The molecule has 0 saturated carbocycles. The Morgan fingerprint density at radius 1 is 1.26 bits per heavy atom. The molecule has 100 valence electrons. The molecule has 0 amide bonds. The third kappa shape index (κ3) is 2.12. The fraction of sp³-hybridized carbons (Fsp3) is 0.286. The lowest BCUT2D eigenvalue weighted by Gasteiger charge is -2.09. The quantitative estimate of drug-likeness (QED) is 0.739. The van der Waals surface area contributed by atoms with Crippen LogP contribution in [-0.2, 0) is 10.0 Å². The number of fused-ring (bicyclic) bond motifs is 1. The predicted octanol–water partition coefficient (Wildman–Crippen LogP) is 3.62. The number of rotatable bonds is 2. The van der Waals surface area contributed by atoms with Gasteiger partial charge in [0.1, 0.15) is 0 Å². The van der Waals surface area contributed by atoms with E-state index < -0.39 is 10.0 Å². The van der Waals surface area contributed by atoms with E-state index in [-0.39, 0.29) is 0 Å². The van der Waals surface area contributed by atoms with Gasteiger partial charge in [-0.25, -0.2) is 12.4 Å². The monoisotopic (exact) mass is 387 g/mol. The second-order valence-corrected chi connectivity index (χ2v) is 7.74. The van der Waals surface area contributed by atoms with Crippen molar-refractivity contribution in [2.24, 2.45) is 0 Å². The highest BCUT2D eigenvalue weighted by Crippen LogP contribution is 2.37. The van der Waals surface area contributed by atoms with Crippen LogP contribution in [-0.4, -0.2) is 18.6 Å². The van der Waals surface area contributed by atoms with Gasteiger partial charge in [0.2, 0.25) is 10.0 Å². The van der Waals surface area contributed by atoms with Crippen LogP contribution < -0.4 is 0 Å². The average Bonchev–Trinajstić information content (AvgIpc) is 2.95. The zero-order valence-corrected chi connectivity index (χ0v) is 13.5. The van der Waals surface area contributed by atoms with Crippen molar-refractivity contribution >= 4 is 49.1 Å². The number of benzene rings is 1. The van der Waals surface area contributed by atoms with E-state index in [9.17, 15) is 8.42 Å². The summed E-state index contributed by atoms with van der Waals surface area (Å²) in [6.45, 7) is 0. The summed E-state index contributed by atoms with van der Waals surface area (Å²) in [5.41, 5.74) is 2.80. The van der Waals surface area contributed by atoms with Gasteiger partial charge in [-0.2, -0.15) is 0 Å². The van der Waals surface area contributed by atoms with Crippen LogP contribution in [0.15, 0.2) is 30.3 Å². The SMILES string of the molecule is CS(=O)(=O)n1c(C2=CCCC2)c(I)c2ccccc21. The molecule has 19 heavy (non-hydrogen) atoms. The van der Waals surface area contributed by atoms with Crippen LogP contribution in [0.2, 0.25) is 0 Å². The summed E-state index contributed by atoms with van der Waals surface area (Å²) in [5.74, 6) is 0. The van der Waals surface area contributed by atoms with E-state index in [2.05, 4.69) is 28.7 Å². The Bertz CT molecular complexity index is 787. The molecule has 0 aliphatic heterocycles. The molecule has 0 spiro atoms. The highest BCUT2D eigenvalue weighted by atomic mass is 127. The molecule has 3 nitrogen and oxygen atoms in total. The molecule has 0 unspecified atom stereocenters. The first-order valence-corrected chi connectivity index (χ1v) is 9.12. The van der Waals surface area contributed by atoms with E-state index in [1.54, 1.807) is 0 Å². The van der Waals surface area contributed by atoms with E-state index >= 15 is 0 Å². The van der Waals surface area contributed by atoms with Gasteiger partial charge in [0, 0.05) is 8.96 Å². The predicted molar refractivity (Wildman–Crippen MR) is 86.7 cm³/mol. The van der Waals surface area contributed by atoms with E-state index in [0.717, 1.165) is 45.0 Å². The van der Waals surface area contributed by atoms with Crippen LogP contribution in [0.5, 0.6) is 0 Å². The van der Waals surface area contributed by atoms with Crippen molar-refractivity contribution < 1.29 is 8.42 Å². The summed E-state index contributed by atoms with van der Waals surface area (Å²) >= 11 is 2.26. The van der Waals surface area contributed by atoms with E-state index in [1.165, 1.54) is 10.2 Å². The maximum atomic E-state index is 12.2. The Hall–Kier alpha value is -0.820. The zero-order chi connectivity index (χ0) is 13.6. The topological polar surface area (TPSA) is 39.1 Å². The Morgan fingerprint density at radius 2 is 2.00 bits per heavy atom. The second-order valence-electron chi connectivity index (χ2n) is 4.83. The summed E-state index contributed by atoms with van der Waals surface area (Å²) in [6.07, 6.45) is 6.54. The van der Waals surface area contributed by atoms with Gasteiger partial charge in [-0.3, -0.25) is 0 Å². The number of para-hydroxylation sites is 1. The Balaban J connectivity index is 2.46. The van der Waals surface area contributed by atoms with Gasteiger partial charge in [-0.15, -0.1) is 0 Å². The third-order valence-corrected chi connectivity index (χ3v) is 5.58. The summed E-state index contributed by atoms with van der Waals surface area (Å²) in [6, 6.07) is 7.69. The largest absolute Gasteiger partial charge is 0.237 e. The van der Waals surface area contributed by atoms with Crippen molar-refractivity contribution in [2.75, 3.05) is 6.26 Å². The molecule has 1 heterocycles. The van der Waals surface area contributed by atoms with Crippen LogP contribution in [0.1, 0.15) is 25.0 Å². The Morgan fingerprint density at radius 3 is 2.63 bits per heavy atom. The number of halogens is 1. The highest BCUT2D eigenvalue weighted by molar-refractivity contribution is 14.1. The first-order chi connectivity index (χ1) is 9.00. The van der Waals surface area contributed by atoms with Crippen molar-refractivity contribution in [1.29, 1.82) is 0 Å². The molecule has 5 heteroatoms. The molecule has 0 bridgehead atoms. The molecule has 1 aliphatic carbocycles. The van der Waals surface area contributed by atoms with Gasteiger partial charge >= 0.3 is 0 Å². The maximum Gasteiger partial charge on any atom is 0.236 e. The number of aromatic nitrogens is 1. The number of nitrogens with zero attached hydrogens (tertiary/aromatic N) is 1. The van der Waals surface area contributed by atoms with Crippen LogP contribution in [0.25, 0.3) is 16.5 Å². The van der Waals surface area contributed by atoms with Crippen LogP contribution in [0, 0.1) is 3.57 Å². The van der Waals surface area contributed by atoms with Crippen molar-refractivity contribution in [3.63, 3.8) is 0 Å². The van der Waals surface area contributed by atoms with Crippen LogP contribution in [0.4, 0.5) is 0 Å². The van der Waals surface area contributed by atoms with Crippen molar-refractivity contribution in [1.82, 2.24) is 3.97 Å². The smallest absolute Gasteiger partial charge is 0.236 e. The molecule has 1 aromatic heterocycles. The highest BCUT2D eigenvalue weighted by Gasteiger charge is 2.24. The van der Waals surface area contributed by atoms with Gasteiger partial charge in [0.25, 0.3) is 0 Å². The molecule has 2 aromatic rings. The standard InChI is InChI=1S/C14H14INO2S/c1-19(17,18)16-12-9-5-4-8-11(12)13(15)14(16)10-6-2-3-7-10/h4-6,8-9H,2-3,7H2,1H3. The van der Waals surface area contributed by atoms with E-state index in [0.29, 0.717) is 0 Å².